The van der Waals surface area contributed by atoms with E-state index < -0.39 is 23.6 Å². The lowest BCUT2D eigenvalue weighted by Gasteiger charge is -2.28. The lowest BCUT2D eigenvalue weighted by Crippen LogP contribution is -2.53. The number of carbonyl (C=O) groups excluding carboxylic acids is 1. The molecule has 0 saturated heterocycles. The van der Waals surface area contributed by atoms with Crippen LogP contribution in [0.1, 0.15) is 25.8 Å². The van der Waals surface area contributed by atoms with E-state index in [0.717, 1.165) is 10.0 Å². The molecule has 0 bridgehead atoms. The molecule has 0 heterocycles. The number of hydrogen-bond acceptors (Lipinski definition) is 2. The third-order valence-electron chi connectivity index (χ3n) is 2.96. The molecule has 0 aromatic heterocycles. The maximum absolute atomic E-state index is 12.2. The van der Waals surface area contributed by atoms with E-state index >= 15 is 0 Å². The second-order valence-electron chi connectivity index (χ2n) is 5.59. The smallest absolute Gasteiger partial charge is 0.405 e. The summed E-state index contributed by atoms with van der Waals surface area (Å²) in [6, 6.07) is 6.84. The minimum absolute atomic E-state index is 0.00645. The summed E-state index contributed by atoms with van der Waals surface area (Å²) in [4.78, 5) is 22.9. The fraction of sp³-hybridized carbons (Fsp3) is 0.375. The quantitative estimate of drug-likeness (QED) is 0.677. The summed E-state index contributed by atoms with van der Waals surface area (Å²) in [7, 11) is 0. The molecule has 0 radical (unpaired) electrons. The van der Waals surface area contributed by atoms with Crippen LogP contribution in [0, 0.1) is 12.3 Å². The Morgan fingerprint density at radius 2 is 1.95 bits per heavy atom. The topological polar surface area (TPSA) is 78.4 Å². The van der Waals surface area contributed by atoms with E-state index in [9.17, 15) is 9.59 Å². The van der Waals surface area contributed by atoms with Gasteiger partial charge in [0, 0.05) is 16.4 Å². The minimum atomic E-state index is -1.28. The van der Waals surface area contributed by atoms with Crippen molar-refractivity contribution in [2.24, 2.45) is 0 Å². The highest BCUT2D eigenvalue weighted by molar-refractivity contribution is 9.10. The Morgan fingerprint density at radius 3 is 2.45 bits per heavy atom. The molecule has 0 saturated carbocycles. The fourth-order valence-corrected chi connectivity index (χ4v) is 2.32. The molecule has 0 aliphatic rings. The van der Waals surface area contributed by atoms with Gasteiger partial charge in [0.2, 0.25) is 5.91 Å². The van der Waals surface area contributed by atoms with Crippen LogP contribution in [0.3, 0.4) is 0 Å². The highest BCUT2D eigenvalue weighted by Gasteiger charge is 2.26. The van der Waals surface area contributed by atoms with E-state index in [1.807, 2.05) is 38.1 Å². The predicted molar refractivity (Wildman–Crippen MR) is 88.5 cm³/mol. The normalized spacial score (nSPS) is 12.1. The molecule has 6 heteroatoms. The average Bonchev–Trinajstić information content (AvgIpc) is 2.39. The van der Waals surface area contributed by atoms with Gasteiger partial charge in [-0.2, -0.15) is 0 Å². The van der Waals surface area contributed by atoms with Gasteiger partial charge < -0.3 is 15.7 Å². The summed E-state index contributed by atoms with van der Waals surface area (Å²) >= 11 is 3.37. The van der Waals surface area contributed by atoms with Crippen LogP contribution in [0.4, 0.5) is 4.79 Å². The highest BCUT2D eigenvalue weighted by Crippen LogP contribution is 2.16. The van der Waals surface area contributed by atoms with Crippen LogP contribution in [-0.2, 0) is 11.2 Å². The number of hydrogen-bond donors (Lipinski definition) is 3. The molecule has 5 nitrogen and oxygen atoms in total. The Hall–Kier alpha value is -2.00. The monoisotopic (exact) mass is 366 g/mol. The molecule has 1 aromatic rings. The van der Waals surface area contributed by atoms with E-state index in [0.29, 0.717) is 6.42 Å². The van der Waals surface area contributed by atoms with E-state index in [1.54, 1.807) is 0 Å². The number of carbonyl (C=O) groups is 2. The number of benzene rings is 1. The summed E-state index contributed by atoms with van der Waals surface area (Å²) in [6.45, 7) is 3.75. The molecule has 0 unspecified atom stereocenters. The van der Waals surface area contributed by atoms with Gasteiger partial charge in [0.05, 0.1) is 0 Å². The molecule has 2 amide bonds. The van der Waals surface area contributed by atoms with E-state index in [-0.39, 0.29) is 6.42 Å². The Kier molecular flexibility index (Phi) is 6.44. The molecule has 0 fully saturated rings. The predicted octanol–water partition coefficient (Wildman–Crippen LogP) is 2.55. The van der Waals surface area contributed by atoms with Crippen molar-refractivity contribution < 1.29 is 14.7 Å². The van der Waals surface area contributed by atoms with Crippen LogP contribution in [0.5, 0.6) is 0 Å². The largest absolute Gasteiger partial charge is 0.465 e. The van der Waals surface area contributed by atoms with Crippen molar-refractivity contribution in [3.8, 4) is 12.3 Å². The van der Waals surface area contributed by atoms with Crippen LogP contribution in [0.15, 0.2) is 28.7 Å². The first-order chi connectivity index (χ1) is 10.2. The van der Waals surface area contributed by atoms with Gasteiger partial charge in [0.15, 0.2) is 0 Å². The van der Waals surface area contributed by atoms with Crippen molar-refractivity contribution in [2.45, 2.75) is 38.3 Å². The molecule has 22 heavy (non-hydrogen) atoms. The minimum Gasteiger partial charge on any atom is -0.465 e. The number of terminal acetylenes is 1. The zero-order chi connectivity index (χ0) is 16.8. The summed E-state index contributed by atoms with van der Waals surface area (Å²) in [6.07, 6.45) is 4.52. The summed E-state index contributed by atoms with van der Waals surface area (Å²) in [5.41, 5.74) is 0.533. The molecule has 0 aliphatic carbocycles. The molecule has 1 atom stereocenters. The van der Waals surface area contributed by atoms with Gasteiger partial charge in [-0.15, -0.1) is 12.3 Å². The molecule has 0 aliphatic heterocycles. The van der Waals surface area contributed by atoms with Gasteiger partial charge in [0.25, 0.3) is 0 Å². The summed E-state index contributed by atoms with van der Waals surface area (Å²) < 4.78 is 0.984. The van der Waals surface area contributed by atoms with Crippen LogP contribution >= 0.6 is 15.9 Å². The lowest BCUT2D eigenvalue weighted by molar-refractivity contribution is -0.124. The number of rotatable bonds is 6. The van der Waals surface area contributed by atoms with Gasteiger partial charge in [-0.25, -0.2) is 4.79 Å². The third-order valence-corrected chi connectivity index (χ3v) is 3.49. The molecular weight excluding hydrogens is 348 g/mol. The van der Waals surface area contributed by atoms with Gasteiger partial charge in [-0.3, -0.25) is 4.79 Å². The maximum Gasteiger partial charge on any atom is 0.405 e. The Balaban J connectivity index is 2.72. The van der Waals surface area contributed by atoms with Crippen molar-refractivity contribution in [2.75, 3.05) is 0 Å². The first kappa shape index (κ1) is 18.1. The number of nitrogens with one attached hydrogen (secondary N) is 2. The molecule has 0 spiro atoms. The molecule has 3 N–H and O–H groups in total. The second kappa shape index (κ2) is 7.85. The SMILES string of the molecule is C#CC[C@H](NC(=O)O)C(=O)NC(C)(C)Cc1ccc(Br)cc1. The van der Waals surface area contributed by atoms with Crippen LogP contribution < -0.4 is 10.6 Å². The Bertz CT molecular complexity index is 576. The number of amides is 2. The zero-order valence-corrected chi connectivity index (χ0v) is 14.1. The first-order valence-corrected chi connectivity index (χ1v) is 7.52. The first-order valence-electron chi connectivity index (χ1n) is 6.73. The fourth-order valence-electron chi connectivity index (χ4n) is 2.05. The van der Waals surface area contributed by atoms with E-state index in [1.165, 1.54) is 0 Å². The van der Waals surface area contributed by atoms with Gasteiger partial charge >= 0.3 is 6.09 Å². The average molecular weight is 367 g/mol. The molecule has 1 aromatic carbocycles. The van der Waals surface area contributed by atoms with Crippen molar-refractivity contribution in [3.63, 3.8) is 0 Å². The van der Waals surface area contributed by atoms with E-state index in [2.05, 4.69) is 32.5 Å². The van der Waals surface area contributed by atoms with E-state index in [4.69, 9.17) is 11.5 Å². The summed E-state index contributed by atoms with van der Waals surface area (Å²) in [5, 5.41) is 13.7. The second-order valence-corrected chi connectivity index (χ2v) is 6.50. The standard InChI is InChI=1S/C16H19BrN2O3/c1-4-5-13(18-15(21)22)14(20)19-16(2,3)10-11-6-8-12(17)9-7-11/h1,6-9,13,18H,5,10H2,2-3H3,(H,19,20)(H,21,22)/t13-/m0/s1. The maximum atomic E-state index is 12.2. The Morgan fingerprint density at radius 1 is 1.36 bits per heavy atom. The third kappa shape index (κ3) is 6.19. The highest BCUT2D eigenvalue weighted by atomic mass is 79.9. The lowest BCUT2D eigenvalue weighted by atomic mass is 9.94. The number of carboxylic acid groups (broad SMARTS) is 1. The zero-order valence-electron chi connectivity index (χ0n) is 12.5. The summed E-state index contributed by atoms with van der Waals surface area (Å²) in [5.74, 6) is 1.88. The van der Waals surface area contributed by atoms with Crippen molar-refractivity contribution in [3.05, 3.63) is 34.3 Å². The van der Waals surface area contributed by atoms with Crippen LogP contribution in [-0.4, -0.2) is 28.7 Å². The van der Waals surface area contributed by atoms with Gasteiger partial charge in [-0.1, -0.05) is 28.1 Å². The molecular formula is C16H19BrN2O3. The van der Waals surface area contributed by atoms with Gasteiger partial charge in [0.1, 0.15) is 6.04 Å². The molecule has 118 valence electrons. The van der Waals surface area contributed by atoms with Crippen molar-refractivity contribution >= 4 is 27.9 Å². The van der Waals surface area contributed by atoms with Crippen molar-refractivity contribution in [1.82, 2.24) is 10.6 Å². The molecule has 1 rings (SSSR count). The Labute approximate surface area is 138 Å². The van der Waals surface area contributed by atoms with Crippen molar-refractivity contribution in [1.29, 1.82) is 0 Å². The van der Waals surface area contributed by atoms with Gasteiger partial charge in [-0.05, 0) is 38.0 Å². The van der Waals surface area contributed by atoms with Crippen LogP contribution in [0.2, 0.25) is 0 Å². The number of halogens is 1. The van der Waals surface area contributed by atoms with Crippen LogP contribution in [0.25, 0.3) is 0 Å².